The van der Waals surface area contributed by atoms with Crippen LogP contribution in [0.4, 0.5) is 0 Å². The molecule has 3 aliphatic rings. The van der Waals surface area contributed by atoms with Gasteiger partial charge in [-0.2, -0.15) is 5.10 Å². The maximum absolute atomic E-state index is 12.2. The molecule has 3 heterocycles. The van der Waals surface area contributed by atoms with Crippen LogP contribution in [-0.2, 0) is 13.1 Å². The summed E-state index contributed by atoms with van der Waals surface area (Å²) in [4.78, 5) is 19.0. The van der Waals surface area contributed by atoms with Crippen LogP contribution in [0.3, 0.4) is 0 Å². The summed E-state index contributed by atoms with van der Waals surface area (Å²) in [5, 5.41) is 4.61. The van der Waals surface area contributed by atoms with E-state index in [0.717, 1.165) is 43.3 Å². The maximum Gasteiger partial charge on any atom is 0.266 e. The Balaban J connectivity index is 1.29. The van der Waals surface area contributed by atoms with Crippen molar-refractivity contribution < 1.29 is 4.42 Å². The van der Waals surface area contributed by atoms with Crippen molar-refractivity contribution in [2.75, 3.05) is 6.54 Å². The van der Waals surface area contributed by atoms with Gasteiger partial charge in [0.05, 0.1) is 25.0 Å². The highest BCUT2D eigenvalue weighted by atomic mass is 16.4. The molecule has 2 aliphatic carbocycles. The molecule has 2 aromatic heterocycles. The van der Waals surface area contributed by atoms with Crippen molar-refractivity contribution in [3.63, 3.8) is 0 Å². The van der Waals surface area contributed by atoms with Crippen molar-refractivity contribution in [3.05, 3.63) is 46.0 Å². The highest BCUT2D eigenvalue weighted by Gasteiger charge is 2.30. The van der Waals surface area contributed by atoms with Crippen LogP contribution in [-0.4, -0.2) is 32.3 Å². The number of hydrogen-bond donors (Lipinski definition) is 0. The van der Waals surface area contributed by atoms with Gasteiger partial charge < -0.3 is 4.42 Å². The molecule has 1 unspecified atom stereocenters. The van der Waals surface area contributed by atoms with Crippen molar-refractivity contribution >= 4 is 0 Å². The largest absolute Gasteiger partial charge is 0.444 e. The molecule has 1 saturated heterocycles. The van der Waals surface area contributed by atoms with Crippen molar-refractivity contribution in [1.82, 2.24) is 19.7 Å². The molecular weight excluding hydrogens is 316 g/mol. The van der Waals surface area contributed by atoms with Crippen molar-refractivity contribution in [2.45, 2.75) is 69.5 Å². The van der Waals surface area contributed by atoms with Gasteiger partial charge >= 0.3 is 0 Å². The van der Waals surface area contributed by atoms with Gasteiger partial charge in [-0.3, -0.25) is 9.69 Å². The molecule has 5 rings (SSSR count). The Morgan fingerprint density at radius 2 is 1.96 bits per heavy atom. The third-order valence-corrected chi connectivity index (χ3v) is 5.66. The number of hydrogen-bond acceptors (Lipinski definition) is 5. The first-order valence-electron chi connectivity index (χ1n) is 9.53. The fourth-order valence-corrected chi connectivity index (χ4v) is 3.83. The smallest absolute Gasteiger partial charge is 0.266 e. The van der Waals surface area contributed by atoms with E-state index in [-0.39, 0.29) is 5.56 Å². The third-order valence-electron chi connectivity index (χ3n) is 5.66. The molecule has 1 aliphatic heterocycles. The summed E-state index contributed by atoms with van der Waals surface area (Å²) in [6, 6.07) is 3.90. The van der Waals surface area contributed by atoms with E-state index < -0.39 is 0 Å². The van der Waals surface area contributed by atoms with Gasteiger partial charge in [0, 0.05) is 23.9 Å². The van der Waals surface area contributed by atoms with Crippen LogP contribution < -0.4 is 5.56 Å². The van der Waals surface area contributed by atoms with Crippen molar-refractivity contribution in [1.29, 1.82) is 0 Å². The lowest BCUT2D eigenvalue weighted by atomic mass is 10.2. The summed E-state index contributed by atoms with van der Waals surface area (Å²) in [5.74, 6) is 3.02. The van der Waals surface area contributed by atoms with Crippen LogP contribution >= 0.6 is 0 Å². The summed E-state index contributed by atoms with van der Waals surface area (Å²) < 4.78 is 7.58. The summed E-state index contributed by atoms with van der Waals surface area (Å²) >= 11 is 0. The molecule has 132 valence electrons. The van der Waals surface area contributed by atoms with Crippen LogP contribution in [0.25, 0.3) is 0 Å². The molecule has 1 atom stereocenters. The van der Waals surface area contributed by atoms with E-state index in [0.29, 0.717) is 24.4 Å². The van der Waals surface area contributed by atoms with Crippen LogP contribution in [0.15, 0.2) is 27.5 Å². The SMILES string of the molecule is O=c1ccc(C2CC2)nn1CC1CCCN1Cc1ncc(C2CC2)o1. The van der Waals surface area contributed by atoms with Crippen molar-refractivity contribution in [2.24, 2.45) is 0 Å². The normalized spacial score (nSPS) is 24.1. The lowest BCUT2D eigenvalue weighted by Gasteiger charge is -2.23. The second-order valence-electron chi connectivity index (χ2n) is 7.75. The lowest BCUT2D eigenvalue weighted by molar-refractivity contribution is 0.196. The Hall–Kier alpha value is -1.95. The Labute approximate surface area is 146 Å². The standard InChI is InChI=1S/C19H24N4O2/c24-19-8-7-16(13-3-4-13)21-23(19)11-15-2-1-9-22(15)12-18-20-10-17(25-18)14-5-6-14/h7-8,10,13-15H,1-6,9,11-12H2. The topological polar surface area (TPSA) is 64.2 Å². The van der Waals surface area contributed by atoms with E-state index in [4.69, 9.17) is 4.42 Å². The van der Waals surface area contributed by atoms with Crippen LogP contribution in [0.1, 0.15) is 67.7 Å². The summed E-state index contributed by atoms with van der Waals surface area (Å²) in [6.07, 6.45) is 9.00. The number of rotatable bonds is 6. The lowest BCUT2D eigenvalue weighted by Crippen LogP contribution is -2.36. The first-order chi connectivity index (χ1) is 12.3. The van der Waals surface area contributed by atoms with Gasteiger partial charge in [0.15, 0.2) is 0 Å². The maximum atomic E-state index is 12.2. The van der Waals surface area contributed by atoms with Gasteiger partial charge in [-0.15, -0.1) is 0 Å². The Kier molecular flexibility index (Phi) is 3.73. The third kappa shape index (κ3) is 3.27. The predicted octanol–water partition coefficient (Wildman–Crippen LogP) is 2.65. The first kappa shape index (κ1) is 15.3. The molecule has 6 heteroatoms. The monoisotopic (exact) mass is 340 g/mol. The van der Waals surface area contributed by atoms with Crippen molar-refractivity contribution in [3.8, 4) is 0 Å². The molecule has 0 N–H and O–H groups in total. The molecule has 0 aromatic carbocycles. The summed E-state index contributed by atoms with van der Waals surface area (Å²) in [7, 11) is 0. The Morgan fingerprint density at radius 3 is 2.76 bits per heavy atom. The van der Waals surface area contributed by atoms with E-state index in [1.165, 1.54) is 25.7 Å². The Morgan fingerprint density at radius 1 is 1.12 bits per heavy atom. The highest BCUT2D eigenvalue weighted by Crippen LogP contribution is 2.40. The summed E-state index contributed by atoms with van der Waals surface area (Å²) in [5.41, 5.74) is 1.08. The van der Waals surface area contributed by atoms with Gasteiger partial charge in [-0.25, -0.2) is 9.67 Å². The molecule has 2 saturated carbocycles. The predicted molar refractivity (Wildman–Crippen MR) is 92.4 cm³/mol. The van der Waals surface area contributed by atoms with Gasteiger partial charge in [-0.05, 0) is 51.1 Å². The number of aromatic nitrogens is 3. The average Bonchev–Trinajstić information content (AvgIpc) is 3.54. The van der Waals surface area contributed by atoms with Gasteiger partial charge in [0.1, 0.15) is 5.76 Å². The van der Waals surface area contributed by atoms with E-state index in [2.05, 4.69) is 15.0 Å². The van der Waals surface area contributed by atoms with E-state index in [1.54, 1.807) is 10.7 Å². The number of nitrogens with zero attached hydrogens (tertiary/aromatic N) is 4. The minimum Gasteiger partial charge on any atom is -0.444 e. The number of oxazole rings is 1. The second-order valence-corrected chi connectivity index (χ2v) is 7.75. The zero-order valence-electron chi connectivity index (χ0n) is 14.4. The van der Waals surface area contributed by atoms with Gasteiger partial charge in [0.2, 0.25) is 5.89 Å². The first-order valence-corrected chi connectivity index (χ1v) is 9.53. The van der Waals surface area contributed by atoms with Crippen LogP contribution in [0.5, 0.6) is 0 Å². The van der Waals surface area contributed by atoms with E-state index in [9.17, 15) is 4.79 Å². The quantitative estimate of drug-likeness (QED) is 0.809. The zero-order chi connectivity index (χ0) is 16.8. The van der Waals surface area contributed by atoms with Gasteiger partial charge in [-0.1, -0.05) is 0 Å². The highest BCUT2D eigenvalue weighted by molar-refractivity contribution is 5.12. The molecule has 0 radical (unpaired) electrons. The minimum absolute atomic E-state index is 0.00314. The molecule has 3 fully saturated rings. The van der Waals surface area contributed by atoms with E-state index >= 15 is 0 Å². The molecular formula is C19H24N4O2. The average molecular weight is 340 g/mol. The minimum atomic E-state index is 0.00314. The number of likely N-dealkylation sites (tertiary alicyclic amines) is 1. The van der Waals surface area contributed by atoms with Crippen LogP contribution in [0, 0.1) is 0 Å². The molecule has 2 aromatic rings. The molecule has 6 nitrogen and oxygen atoms in total. The molecule has 0 amide bonds. The molecule has 0 bridgehead atoms. The zero-order valence-corrected chi connectivity index (χ0v) is 14.4. The fourth-order valence-electron chi connectivity index (χ4n) is 3.83. The fraction of sp³-hybridized carbons (Fsp3) is 0.632. The molecule has 25 heavy (non-hydrogen) atoms. The summed E-state index contributed by atoms with van der Waals surface area (Å²) in [6.45, 7) is 2.42. The second kappa shape index (κ2) is 6.09. The molecule has 0 spiro atoms. The van der Waals surface area contributed by atoms with Crippen LogP contribution in [0.2, 0.25) is 0 Å². The Bertz CT molecular complexity index is 819. The van der Waals surface area contributed by atoms with E-state index in [1.807, 2.05) is 12.3 Å². The van der Waals surface area contributed by atoms with Gasteiger partial charge in [0.25, 0.3) is 5.56 Å².